The first-order chi connectivity index (χ1) is 11.3. The van der Waals surface area contributed by atoms with Gasteiger partial charge in [-0.15, -0.1) is 0 Å². The van der Waals surface area contributed by atoms with Crippen LogP contribution in [-0.4, -0.2) is 24.4 Å². The lowest BCUT2D eigenvalue weighted by Crippen LogP contribution is -2.30. The normalized spacial score (nSPS) is 10.3. The van der Waals surface area contributed by atoms with Crippen molar-refractivity contribution in [1.82, 2.24) is 0 Å². The number of carbonyl (C=O) groups excluding carboxylic acids is 1. The van der Waals surface area contributed by atoms with E-state index in [4.69, 9.17) is 0 Å². The van der Waals surface area contributed by atoms with Crippen molar-refractivity contribution >= 4 is 38.9 Å². The van der Waals surface area contributed by atoms with Crippen LogP contribution in [0.1, 0.15) is 11.1 Å². The molecule has 0 fully saturated rings. The molecule has 2 aromatic rings. The molecule has 0 aliphatic heterocycles. The summed E-state index contributed by atoms with van der Waals surface area (Å²) in [5, 5.41) is 14.1. The molecule has 0 spiro atoms. The lowest BCUT2D eigenvalue weighted by molar-refractivity contribution is -0.384. The Hall–Kier alpha value is -2.41. The fraction of sp³-hybridized carbons (Fsp3) is 0.235. The standard InChI is InChI=1S/C17H18BrN3O3/c1-11-5-4-6-12(2)17(11)19-16(22)10-20(3)14-8-7-13(18)9-15(14)21(23)24/h4-9H,10H2,1-3H3,(H,19,22). The average Bonchev–Trinajstić information content (AvgIpc) is 2.50. The number of rotatable bonds is 5. The van der Waals surface area contributed by atoms with E-state index in [0.29, 0.717) is 10.2 Å². The number of carbonyl (C=O) groups is 1. The van der Waals surface area contributed by atoms with Crippen LogP contribution in [0.15, 0.2) is 40.9 Å². The Morgan fingerprint density at radius 1 is 1.25 bits per heavy atom. The number of nitrogens with one attached hydrogen (secondary N) is 1. The molecule has 7 heteroatoms. The minimum absolute atomic E-state index is 0.0102. The molecule has 126 valence electrons. The molecule has 1 N–H and O–H groups in total. The second-order valence-electron chi connectivity index (χ2n) is 5.56. The molecule has 24 heavy (non-hydrogen) atoms. The summed E-state index contributed by atoms with van der Waals surface area (Å²) in [6.07, 6.45) is 0. The van der Waals surface area contributed by atoms with E-state index >= 15 is 0 Å². The number of para-hydroxylation sites is 1. The number of anilines is 2. The molecule has 2 rings (SSSR count). The predicted molar refractivity (Wildman–Crippen MR) is 98.6 cm³/mol. The van der Waals surface area contributed by atoms with Crippen LogP contribution in [0.25, 0.3) is 0 Å². The molecule has 0 unspecified atom stereocenters. The summed E-state index contributed by atoms with van der Waals surface area (Å²) in [5.74, 6) is -0.230. The Bertz CT molecular complexity index is 772. The average molecular weight is 392 g/mol. The highest BCUT2D eigenvalue weighted by Gasteiger charge is 2.19. The summed E-state index contributed by atoms with van der Waals surface area (Å²) < 4.78 is 0.617. The second-order valence-corrected chi connectivity index (χ2v) is 6.48. The molecular weight excluding hydrogens is 374 g/mol. The van der Waals surface area contributed by atoms with Crippen molar-refractivity contribution in [2.75, 3.05) is 23.8 Å². The van der Waals surface area contributed by atoms with Gasteiger partial charge in [-0.1, -0.05) is 34.1 Å². The highest BCUT2D eigenvalue weighted by molar-refractivity contribution is 9.10. The zero-order valence-corrected chi connectivity index (χ0v) is 15.3. The first-order valence-corrected chi connectivity index (χ1v) is 8.10. The Morgan fingerprint density at radius 2 is 1.88 bits per heavy atom. The minimum atomic E-state index is -0.458. The van der Waals surface area contributed by atoms with Gasteiger partial charge in [-0.2, -0.15) is 0 Å². The highest BCUT2D eigenvalue weighted by Crippen LogP contribution is 2.30. The van der Waals surface area contributed by atoms with Crippen molar-refractivity contribution in [3.63, 3.8) is 0 Å². The number of benzene rings is 2. The molecule has 0 radical (unpaired) electrons. The van der Waals surface area contributed by atoms with E-state index in [9.17, 15) is 14.9 Å². The third-order valence-electron chi connectivity index (χ3n) is 3.67. The largest absolute Gasteiger partial charge is 0.360 e. The van der Waals surface area contributed by atoms with E-state index in [2.05, 4.69) is 21.2 Å². The molecule has 0 bridgehead atoms. The van der Waals surface area contributed by atoms with Crippen LogP contribution in [0.5, 0.6) is 0 Å². The third kappa shape index (κ3) is 4.11. The number of amides is 1. The quantitative estimate of drug-likeness (QED) is 0.615. The van der Waals surface area contributed by atoms with Crippen LogP contribution in [0.2, 0.25) is 0 Å². The molecule has 0 aliphatic carbocycles. The Kier molecular flexibility index (Phi) is 5.56. The summed E-state index contributed by atoms with van der Waals surface area (Å²) in [7, 11) is 1.65. The Balaban J connectivity index is 2.17. The van der Waals surface area contributed by atoms with Gasteiger partial charge in [0.1, 0.15) is 5.69 Å². The number of hydrogen-bond acceptors (Lipinski definition) is 4. The summed E-state index contributed by atoms with van der Waals surface area (Å²) in [5.41, 5.74) is 3.06. The van der Waals surface area contributed by atoms with Crippen LogP contribution in [0.4, 0.5) is 17.1 Å². The van der Waals surface area contributed by atoms with Gasteiger partial charge in [0.25, 0.3) is 5.69 Å². The molecule has 0 aliphatic rings. The topological polar surface area (TPSA) is 75.5 Å². The smallest absolute Gasteiger partial charge is 0.293 e. The number of hydrogen-bond donors (Lipinski definition) is 1. The second kappa shape index (κ2) is 7.44. The van der Waals surface area contributed by atoms with Crippen LogP contribution in [-0.2, 0) is 4.79 Å². The van der Waals surface area contributed by atoms with Gasteiger partial charge in [-0.25, -0.2) is 0 Å². The van der Waals surface area contributed by atoms with Crippen molar-refractivity contribution in [2.24, 2.45) is 0 Å². The summed E-state index contributed by atoms with van der Waals surface area (Å²) in [4.78, 5) is 24.6. The molecule has 0 heterocycles. The highest BCUT2D eigenvalue weighted by atomic mass is 79.9. The van der Waals surface area contributed by atoms with Gasteiger partial charge in [0.05, 0.1) is 11.5 Å². The lowest BCUT2D eigenvalue weighted by atomic mass is 10.1. The zero-order chi connectivity index (χ0) is 17.9. The first-order valence-electron chi connectivity index (χ1n) is 7.30. The number of nitro benzene ring substituents is 1. The van der Waals surface area contributed by atoms with Gasteiger partial charge in [-0.3, -0.25) is 14.9 Å². The molecule has 6 nitrogen and oxygen atoms in total. The molecule has 1 amide bonds. The molecule has 0 atom stereocenters. The van der Waals surface area contributed by atoms with Gasteiger partial charge in [0, 0.05) is 23.3 Å². The number of aryl methyl sites for hydroxylation is 2. The van der Waals surface area contributed by atoms with Gasteiger partial charge in [0.15, 0.2) is 0 Å². The van der Waals surface area contributed by atoms with Gasteiger partial charge < -0.3 is 10.2 Å². The van der Waals surface area contributed by atoms with Crippen LogP contribution in [0, 0.1) is 24.0 Å². The predicted octanol–water partition coefficient (Wildman–Crippen LogP) is 4.05. The molecular formula is C17H18BrN3O3. The maximum atomic E-state index is 12.3. The van der Waals surface area contributed by atoms with Crippen molar-refractivity contribution in [2.45, 2.75) is 13.8 Å². The Labute approximate surface area is 148 Å². The minimum Gasteiger partial charge on any atom is -0.360 e. The van der Waals surface area contributed by atoms with Crippen molar-refractivity contribution in [3.8, 4) is 0 Å². The monoisotopic (exact) mass is 391 g/mol. The van der Waals surface area contributed by atoms with Crippen LogP contribution in [0.3, 0.4) is 0 Å². The molecule has 2 aromatic carbocycles. The van der Waals surface area contributed by atoms with E-state index in [-0.39, 0.29) is 18.1 Å². The summed E-state index contributed by atoms with van der Waals surface area (Å²) >= 11 is 3.22. The Morgan fingerprint density at radius 3 is 2.46 bits per heavy atom. The van der Waals surface area contributed by atoms with Crippen LogP contribution < -0.4 is 10.2 Å². The van der Waals surface area contributed by atoms with Crippen molar-refractivity contribution in [3.05, 3.63) is 62.1 Å². The maximum Gasteiger partial charge on any atom is 0.293 e. The molecule has 0 saturated carbocycles. The van der Waals surface area contributed by atoms with Gasteiger partial charge >= 0.3 is 0 Å². The van der Waals surface area contributed by atoms with Gasteiger partial charge in [0.2, 0.25) is 5.91 Å². The van der Waals surface area contributed by atoms with Crippen LogP contribution >= 0.6 is 15.9 Å². The lowest BCUT2D eigenvalue weighted by Gasteiger charge is -2.19. The zero-order valence-electron chi connectivity index (χ0n) is 13.7. The third-order valence-corrected chi connectivity index (χ3v) is 4.16. The fourth-order valence-corrected chi connectivity index (χ4v) is 2.81. The number of nitro groups is 1. The van der Waals surface area contributed by atoms with E-state index in [1.807, 2.05) is 32.0 Å². The van der Waals surface area contributed by atoms with E-state index in [1.54, 1.807) is 24.1 Å². The van der Waals surface area contributed by atoms with Crippen molar-refractivity contribution < 1.29 is 9.72 Å². The summed E-state index contributed by atoms with van der Waals surface area (Å²) in [6, 6.07) is 10.5. The first kappa shape index (κ1) is 17.9. The van der Waals surface area contributed by atoms with Gasteiger partial charge in [-0.05, 0) is 37.1 Å². The number of likely N-dealkylation sites (N-methyl/N-ethyl adjacent to an activating group) is 1. The number of nitrogens with zero attached hydrogens (tertiary/aromatic N) is 2. The fourth-order valence-electron chi connectivity index (χ4n) is 2.46. The van der Waals surface area contributed by atoms with E-state index in [1.165, 1.54) is 6.07 Å². The van der Waals surface area contributed by atoms with E-state index in [0.717, 1.165) is 16.8 Å². The maximum absolute atomic E-state index is 12.3. The summed E-state index contributed by atoms with van der Waals surface area (Å²) in [6.45, 7) is 3.86. The molecule has 0 aromatic heterocycles. The molecule has 0 saturated heterocycles. The number of halogens is 1. The van der Waals surface area contributed by atoms with Crippen molar-refractivity contribution in [1.29, 1.82) is 0 Å². The van der Waals surface area contributed by atoms with E-state index < -0.39 is 4.92 Å². The SMILES string of the molecule is Cc1cccc(C)c1NC(=O)CN(C)c1ccc(Br)cc1[N+](=O)[O-].